The molecule has 1 unspecified atom stereocenters. The molecular weight excluding hydrogens is 618 g/mol. The summed E-state index contributed by atoms with van der Waals surface area (Å²) in [5.41, 5.74) is 4.71. The topological polar surface area (TPSA) is 87.6 Å². The third-order valence-corrected chi connectivity index (χ3v) is 11.4. The van der Waals surface area contributed by atoms with Crippen molar-refractivity contribution < 1.29 is 31.5 Å². The number of carboxylic acids is 1. The lowest BCUT2D eigenvalue weighted by Gasteiger charge is -2.28. The van der Waals surface area contributed by atoms with Crippen LogP contribution in [0.2, 0.25) is 0 Å². The molecule has 0 radical (unpaired) electrons. The third kappa shape index (κ3) is 7.99. The molecule has 0 saturated heterocycles. The molecule has 0 aliphatic rings. The maximum absolute atomic E-state index is 13.3. The number of aliphatic carboxylic acids is 1. The highest BCUT2D eigenvalue weighted by molar-refractivity contribution is 8.13. The van der Waals surface area contributed by atoms with Crippen molar-refractivity contribution in [1.29, 1.82) is 0 Å². The molecule has 228 valence electrons. The first-order valence-corrected chi connectivity index (χ1v) is 17.0. The summed E-state index contributed by atoms with van der Waals surface area (Å²) in [5, 5.41) is 12.4. The monoisotopic (exact) mass is 648 g/mol. The number of hydrogen-bond donors (Lipinski definition) is 1. The Morgan fingerprint density at radius 3 is 2.21 bits per heavy atom. The zero-order valence-corrected chi connectivity index (χ0v) is 26.4. The van der Waals surface area contributed by atoms with Crippen LogP contribution in [0.5, 0.6) is 0 Å². The van der Waals surface area contributed by atoms with Gasteiger partial charge in [-0.1, -0.05) is 64.8 Å². The number of carboxylic acid groups (broad SMARTS) is 1. The summed E-state index contributed by atoms with van der Waals surface area (Å²) < 4.78 is 66.9. The second-order valence-electron chi connectivity index (χ2n) is 10.1. The summed E-state index contributed by atoms with van der Waals surface area (Å²) in [6.45, 7) is 8.71. The Labute approximate surface area is 255 Å². The Bertz CT molecular complexity index is 1760. The van der Waals surface area contributed by atoms with Crippen LogP contribution in [0.25, 0.3) is 11.1 Å². The number of aryl methyl sites for hydroxylation is 3. The quantitative estimate of drug-likeness (QED) is 0.178. The van der Waals surface area contributed by atoms with Crippen LogP contribution in [0.4, 0.5) is 13.2 Å². The number of thiazole rings is 1. The largest absolute Gasteiger partial charge is 0.480 e. The van der Waals surface area contributed by atoms with E-state index >= 15 is 0 Å². The summed E-state index contributed by atoms with van der Waals surface area (Å²) in [7, 11) is -4.54. The molecule has 0 aliphatic carbocycles. The minimum Gasteiger partial charge on any atom is -0.480 e. The van der Waals surface area contributed by atoms with Crippen molar-refractivity contribution in [3.8, 4) is 11.1 Å². The van der Waals surface area contributed by atoms with E-state index in [4.69, 9.17) is 5.11 Å². The molecule has 1 aromatic heterocycles. The number of aromatic nitrogens is 1. The van der Waals surface area contributed by atoms with Crippen molar-refractivity contribution in [2.75, 3.05) is 5.75 Å². The van der Waals surface area contributed by atoms with Gasteiger partial charge in [-0.05, 0) is 73.0 Å². The number of benzene rings is 3. The average molecular weight is 649 g/mol. The summed E-state index contributed by atoms with van der Waals surface area (Å²) in [5.74, 6) is -2.42. The van der Waals surface area contributed by atoms with E-state index in [0.29, 0.717) is 17.1 Å². The van der Waals surface area contributed by atoms with Gasteiger partial charge in [0.1, 0.15) is 5.01 Å². The number of nitrogens with zero attached hydrogens (tertiary/aromatic N) is 2. The molecule has 1 heterocycles. The summed E-state index contributed by atoms with van der Waals surface area (Å²) in [4.78, 5) is 15.9. The molecule has 0 spiro atoms. The van der Waals surface area contributed by atoms with E-state index in [0.717, 1.165) is 49.4 Å². The van der Waals surface area contributed by atoms with E-state index in [2.05, 4.69) is 26.8 Å². The maximum Gasteiger partial charge on any atom is 0.434 e. The fourth-order valence-corrected chi connectivity index (χ4v) is 8.97. The normalized spacial score (nSPS) is 13.0. The average Bonchev–Trinajstić information content (AvgIpc) is 3.39. The number of halogens is 3. The van der Waals surface area contributed by atoms with Gasteiger partial charge in [-0.2, -0.15) is 13.2 Å². The van der Waals surface area contributed by atoms with Crippen LogP contribution in [0.3, 0.4) is 0 Å². The first-order chi connectivity index (χ1) is 20.2. The summed E-state index contributed by atoms with van der Waals surface area (Å²) in [6.07, 6.45) is -4.51. The van der Waals surface area contributed by atoms with Gasteiger partial charge >= 0.3 is 12.1 Å². The molecule has 6 nitrogen and oxygen atoms in total. The van der Waals surface area contributed by atoms with Crippen LogP contribution in [-0.4, -0.2) is 39.9 Å². The fourth-order valence-electron chi connectivity index (χ4n) is 4.87. The third-order valence-electron chi connectivity index (χ3n) is 6.62. The minimum absolute atomic E-state index is 0.0734. The van der Waals surface area contributed by atoms with Gasteiger partial charge in [0.25, 0.3) is 0 Å². The summed E-state index contributed by atoms with van der Waals surface area (Å²) in [6, 6.07) is 17.8. The van der Waals surface area contributed by atoms with Gasteiger partial charge in [0.2, 0.25) is 0 Å². The molecule has 0 fully saturated rings. The van der Waals surface area contributed by atoms with Crippen LogP contribution in [0.15, 0.2) is 75.8 Å². The van der Waals surface area contributed by atoms with E-state index in [-0.39, 0.29) is 11.4 Å². The van der Waals surface area contributed by atoms with E-state index in [9.17, 15) is 26.4 Å². The molecule has 1 N–H and O–H groups in total. The predicted octanol–water partition coefficient (Wildman–Crippen LogP) is 7.68. The van der Waals surface area contributed by atoms with Gasteiger partial charge in [-0.15, -0.1) is 11.3 Å². The number of hydrogen-bond acceptors (Lipinski definition) is 6. The first-order valence-electron chi connectivity index (χ1n) is 13.2. The standard InChI is InChI=1S/C31H31F3N2O4S3/c1-5-42(30-21(3)13-20(2)14-22(30)4)36(17-28-35-27(18-41-28)31(32,33)34)16-23-9-11-24(12-10-23)25-7-6-8-26(15-25)43(39,40)19-29(37)38/h5-15,18H,16-17,19H2,1-4H3,(H,37,38). The van der Waals surface area contributed by atoms with Crippen molar-refractivity contribution in [3.63, 3.8) is 0 Å². The molecule has 0 aliphatic heterocycles. The second-order valence-corrected chi connectivity index (χ2v) is 15.0. The smallest absolute Gasteiger partial charge is 0.434 e. The molecule has 4 aromatic rings. The molecule has 1 atom stereocenters. The SMILES string of the molecule is C/C=S(\c1c(C)cc(C)cc1C)N(Cc1ccc(-c2cccc(S(=O)(=O)CC(=O)O)c2)cc1)Cc1nc(C(F)(F)F)cs1. The number of rotatable bonds is 10. The van der Waals surface area contributed by atoms with Crippen LogP contribution in [0.1, 0.15) is 39.9 Å². The van der Waals surface area contributed by atoms with Crippen molar-refractivity contribution in [3.05, 3.63) is 99.0 Å². The Morgan fingerprint density at radius 1 is 1.00 bits per heavy atom. The highest BCUT2D eigenvalue weighted by atomic mass is 32.2. The molecule has 0 amide bonds. The van der Waals surface area contributed by atoms with Gasteiger partial charge < -0.3 is 5.11 Å². The van der Waals surface area contributed by atoms with Crippen LogP contribution < -0.4 is 0 Å². The zero-order chi connectivity index (χ0) is 31.5. The lowest BCUT2D eigenvalue weighted by atomic mass is 10.0. The molecule has 0 bridgehead atoms. The first kappa shape index (κ1) is 32.6. The Kier molecular flexibility index (Phi) is 9.95. The number of alkyl halides is 3. The van der Waals surface area contributed by atoms with Crippen LogP contribution >= 0.6 is 22.0 Å². The van der Waals surface area contributed by atoms with Gasteiger partial charge in [-0.25, -0.2) is 17.7 Å². The van der Waals surface area contributed by atoms with Gasteiger partial charge in [0.05, 0.1) is 11.4 Å². The summed E-state index contributed by atoms with van der Waals surface area (Å²) >= 11 is 0.988. The predicted molar refractivity (Wildman–Crippen MR) is 166 cm³/mol. The highest BCUT2D eigenvalue weighted by Crippen LogP contribution is 2.39. The zero-order valence-electron chi connectivity index (χ0n) is 24.0. The lowest BCUT2D eigenvalue weighted by molar-refractivity contribution is -0.140. The van der Waals surface area contributed by atoms with E-state index in [1.165, 1.54) is 12.1 Å². The molecular formula is C31H31F3N2O4S3. The van der Waals surface area contributed by atoms with Crippen molar-refractivity contribution in [2.24, 2.45) is 0 Å². The van der Waals surface area contributed by atoms with Gasteiger partial charge in [0, 0.05) is 16.8 Å². The molecule has 12 heteroatoms. The minimum atomic E-state index is -4.51. The number of carbonyl (C=O) groups is 1. The number of sulfone groups is 1. The maximum atomic E-state index is 13.3. The molecule has 43 heavy (non-hydrogen) atoms. The van der Waals surface area contributed by atoms with Crippen LogP contribution in [-0.2, 0) is 33.9 Å². The second kappa shape index (κ2) is 13.1. The fraction of sp³-hybridized carbons (Fsp3) is 0.258. The molecule has 4 rings (SSSR count). The van der Waals surface area contributed by atoms with Crippen molar-refractivity contribution in [1.82, 2.24) is 9.29 Å². The van der Waals surface area contributed by atoms with Crippen molar-refractivity contribution in [2.45, 2.75) is 56.8 Å². The van der Waals surface area contributed by atoms with E-state index in [1.54, 1.807) is 12.1 Å². The van der Waals surface area contributed by atoms with Gasteiger partial charge in [-0.3, -0.25) is 4.79 Å². The Morgan fingerprint density at radius 2 is 1.65 bits per heavy atom. The lowest BCUT2D eigenvalue weighted by Crippen LogP contribution is -2.19. The highest BCUT2D eigenvalue weighted by Gasteiger charge is 2.34. The van der Waals surface area contributed by atoms with E-state index < -0.39 is 44.1 Å². The van der Waals surface area contributed by atoms with Crippen LogP contribution in [0, 0.1) is 20.8 Å². The Hall–Kier alpha value is -3.32. The molecule has 0 saturated carbocycles. The van der Waals surface area contributed by atoms with Gasteiger partial charge in [0.15, 0.2) is 21.3 Å². The van der Waals surface area contributed by atoms with E-state index in [1.807, 2.05) is 52.0 Å². The molecule has 3 aromatic carbocycles. The van der Waals surface area contributed by atoms with Crippen molar-refractivity contribution >= 4 is 43.2 Å². The Balaban J connectivity index is 1.67.